The standard InChI is InChI=1S/C9H8FNO5.C9H10FNO3.CH4O/c1-15-8-3-5(9(12)16-2)7(11(13)14)4-6(8)10;1-13-8-3-5(9(12)14-2)7(11)4-6(8)10;1-2/h3-4H,1-2H3;3-4H,11H2,1-2H3;2H,1H3. The number of rotatable bonds is 5. The molecule has 0 unspecified atom stereocenters. The third-order valence-corrected chi connectivity index (χ3v) is 3.60. The van der Waals surface area contributed by atoms with Crippen molar-refractivity contribution in [2.45, 2.75) is 0 Å². The maximum Gasteiger partial charge on any atom is 0.345 e. The van der Waals surface area contributed by atoms with Gasteiger partial charge in [-0.15, -0.1) is 0 Å². The number of methoxy groups -OCH3 is 4. The number of nitrogen functional groups attached to an aromatic ring is 1. The van der Waals surface area contributed by atoms with Crippen molar-refractivity contribution in [2.24, 2.45) is 0 Å². The zero-order valence-electron chi connectivity index (χ0n) is 17.8. The minimum absolute atomic E-state index is 0.0233. The lowest BCUT2D eigenvalue weighted by Gasteiger charge is -2.07. The fraction of sp³-hybridized carbons (Fsp3) is 0.263. The van der Waals surface area contributed by atoms with E-state index in [2.05, 4.69) is 14.2 Å². The van der Waals surface area contributed by atoms with Gasteiger partial charge in [0.15, 0.2) is 23.1 Å². The van der Waals surface area contributed by atoms with Crippen molar-refractivity contribution in [3.63, 3.8) is 0 Å². The van der Waals surface area contributed by atoms with Crippen LogP contribution in [0, 0.1) is 21.7 Å². The quantitative estimate of drug-likeness (QED) is 0.293. The summed E-state index contributed by atoms with van der Waals surface area (Å²) in [7, 11) is 5.78. The summed E-state index contributed by atoms with van der Waals surface area (Å²) in [4.78, 5) is 32.1. The second kappa shape index (κ2) is 13.3. The van der Waals surface area contributed by atoms with Gasteiger partial charge in [0.2, 0.25) is 0 Å². The Morgan fingerprint density at radius 2 is 1.28 bits per heavy atom. The van der Waals surface area contributed by atoms with E-state index in [0.717, 1.165) is 26.4 Å². The molecule has 0 spiro atoms. The SMILES string of the molecule is CO.COC(=O)c1cc(OC)c(F)cc1N.COC(=O)c1cc(OC)c(F)cc1[N+](=O)[O-]. The molecule has 0 heterocycles. The van der Waals surface area contributed by atoms with Crippen LogP contribution in [0.1, 0.15) is 20.7 Å². The number of carbonyl (C=O) groups excluding carboxylic acids is 2. The molecule has 11 nitrogen and oxygen atoms in total. The summed E-state index contributed by atoms with van der Waals surface area (Å²) in [5.41, 5.74) is 4.52. The number of anilines is 1. The Kier molecular flexibility index (Phi) is 11.7. The molecule has 176 valence electrons. The largest absolute Gasteiger partial charge is 0.494 e. The van der Waals surface area contributed by atoms with Crippen molar-refractivity contribution in [3.8, 4) is 11.5 Å². The van der Waals surface area contributed by atoms with Crippen LogP contribution in [-0.4, -0.2) is 57.5 Å². The Morgan fingerprint density at radius 1 is 0.875 bits per heavy atom. The zero-order chi connectivity index (χ0) is 25.0. The Labute approximate surface area is 181 Å². The highest BCUT2D eigenvalue weighted by atomic mass is 19.1. The second-order valence-corrected chi connectivity index (χ2v) is 5.32. The number of halogens is 2. The number of carbonyl (C=O) groups is 2. The molecule has 2 aromatic carbocycles. The van der Waals surface area contributed by atoms with E-state index in [1.54, 1.807) is 0 Å². The van der Waals surface area contributed by atoms with Crippen LogP contribution < -0.4 is 15.2 Å². The first-order valence-electron chi connectivity index (χ1n) is 8.37. The maximum absolute atomic E-state index is 13.2. The lowest BCUT2D eigenvalue weighted by Crippen LogP contribution is -2.07. The van der Waals surface area contributed by atoms with Crippen molar-refractivity contribution in [2.75, 3.05) is 41.3 Å². The number of nitro groups is 1. The van der Waals surface area contributed by atoms with E-state index in [0.29, 0.717) is 6.07 Å². The molecule has 0 saturated heterocycles. The average molecular weight is 460 g/mol. The van der Waals surface area contributed by atoms with Crippen LogP contribution in [0.15, 0.2) is 24.3 Å². The number of hydrogen-bond acceptors (Lipinski definition) is 10. The van der Waals surface area contributed by atoms with E-state index in [-0.39, 0.29) is 28.3 Å². The molecule has 0 saturated carbocycles. The van der Waals surface area contributed by atoms with Crippen LogP contribution in [0.5, 0.6) is 11.5 Å². The number of esters is 2. The molecule has 0 atom stereocenters. The molecule has 13 heteroatoms. The lowest BCUT2D eigenvalue weighted by molar-refractivity contribution is -0.385. The van der Waals surface area contributed by atoms with Crippen molar-refractivity contribution in [3.05, 3.63) is 57.1 Å². The number of nitrogens with two attached hydrogens (primary N) is 1. The van der Waals surface area contributed by atoms with Gasteiger partial charge in [0.05, 0.1) is 45.0 Å². The first-order chi connectivity index (χ1) is 15.1. The van der Waals surface area contributed by atoms with Gasteiger partial charge in [0.1, 0.15) is 5.56 Å². The van der Waals surface area contributed by atoms with E-state index < -0.39 is 34.2 Å². The number of ether oxygens (including phenoxy) is 4. The van der Waals surface area contributed by atoms with Crippen molar-refractivity contribution in [1.82, 2.24) is 0 Å². The van der Waals surface area contributed by atoms with Gasteiger partial charge in [-0.2, -0.15) is 0 Å². The van der Waals surface area contributed by atoms with Gasteiger partial charge >= 0.3 is 11.9 Å². The van der Waals surface area contributed by atoms with E-state index >= 15 is 0 Å². The van der Waals surface area contributed by atoms with Gasteiger partial charge in [-0.25, -0.2) is 18.4 Å². The van der Waals surface area contributed by atoms with Gasteiger partial charge in [0.25, 0.3) is 5.69 Å². The summed E-state index contributed by atoms with van der Waals surface area (Å²) >= 11 is 0. The van der Waals surface area contributed by atoms with E-state index in [1.807, 2.05) is 0 Å². The second-order valence-electron chi connectivity index (χ2n) is 5.32. The summed E-state index contributed by atoms with van der Waals surface area (Å²) in [6.45, 7) is 0. The minimum atomic E-state index is -0.926. The lowest BCUT2D eigenvalue weighted by atomic mass is 10.1. The first kappa shape index (κ1) is 28.0. The molecule has 0 aliphatic heterocycles. The molecule has 0 fully saturated rings. The Hall–Kier alpha value is -4.00. The smallest absolute Gasteiger partial charge is 0.345 e. The van der Waals surface area contributed by atoms with Crippen molar-refractivity contribution in [1.29, 1.82) is 0 Å². The van der Waals surface area contributed by atoms with Crippen LogP contribution >= 0.6 is 0 Å². The zero-order valence-corrected chi connectivity index (χ0v) is 17.8. The van der Waals surface area contributed by atoms with Gasteiger partial charge < -0.3 is 29.8 Å². The Bertz CT molecular complexity index is 968. The molecule has 0 amide bonds. The first-order valence-corrected chi connectivity index (χ1v) is 8.37. The summed E-state index contributed by atoms with van der Waals surface area (Å²) in [6, 6.07) is 3.77. The van der Waals surface area contributed by atoms with Crippen molar-refractivity contribution >= 4 is 23.3 Å². The molecule has 2 rings (SSSR count). The fourth-order valence-electron chi connectivity index (χ4n) is 2.14. The number of aliphatic hydroxyl groups excluding tert-OH is 1. The molecule has 0 aliphatic carbocycles. The number of nitrogens with zero attached hydrogens (tertiary/aromatic N) is 1. The summed E-state index contributed by atoms with van der Waals surface area (Å²) in [6.07, 6.45) is 0. The third kappa shape index (κ3) is 7.05. The molecule has 0 aliphatic rings. The van der Waals surface area contributed by atoms with Crippen LogP contribution in [0.2, 0.25) is 0 Å². The molecule has 2 aromatic rings. The number of aliphatic hydroxyl groups is 1. The molecule has 3 N–H and O–H groups in total. The summed E-state index contributed by atoms with van der Waals surface area (Å²) < 4.78 is 44.3. The summed E-state index contributed by atoms with van der Waals surface area (Å²) in [5.74, 6) is -3.38. The molecule has 32 heavy (non-hydrogen) atoms. The van der Waals surface area contributed by atoms with E-state index in [1.165, 1.54) is 27.4 Å². The van der Waals surface area contributed by atoms with Crippen LogP contribution in [-0.2, 0) is 9.47 Å². The van der Waals surface area contributed by atoms with Gasteiger partial charge in [-0.05, 0) is 6.07 Å². The monoisotopic (exact) mass is 460 g/mol. The minimum Gasteiger partial charge on any atom is -0.494 e. The fourth-order valence-corrected chi connectivity index (χ4v) is 2.14. The predicted octanol–water partition coefficient (Wildman–Crippen LogP) is 2.34. The highest BCUT2D eigenvalue weighted by Crippen LogP contribution is 2.28. The van der Waals surface area contributed by atoms with Gasteiger partial charge in [-0.3, -0.25) is 10.1 Å². The number of benzene rings is 2. The predicted molar refractivity (Wildman–Crippen MR) is 108 cm³/mol. The number of nitro benzene ring substituents is 1. The molecular formula is C19H22F2N2O9. The number of hydrogen-bond donors (Lipinski definition) is 2. The van der Waals surface area contributed by atoms with Crippen LogP contribution in [0.25, 0.3) is 0 Å². The van der Waals surface area contributed by atoms with Gasteiger partial charge in [0, 0.05) is 24.9 Å². The normalized spacial score (nSPS) is 9.25. The molecule has 0 aromatic heterocycles. The maximum atomic E-state index is 13.2. The molecule has 0 radical (unpaired) electrons. The highest BCUT2D eigenvalue weighted by molar-refractivity contribution is 5.95. The average Bonchev–Trinajstić information content (AvgIpc) is 2.79. The molecule has 0 bridgehead atoms. The van der Waals surface area contributed by atoms with Crippen LogP contribution in [0.4, 0.5) is 20.2 Å². The van der Waals surface area contributed by atoms with E-state index in [9.17, 15) is 28.5 Å². The Balaban J connectivity index is 0.000000561. The molecular weight excluding hydrogens is 438 g/mol. The third-order valence-electron chi connectivity index (χ3n) is 3.60. The Morgan fingerprint density at radius 3 is 1.69 bits per heavy atom. The van der Waals surface area contributed by atoms with Crippen LogP contribution in [0.3, 0.4) is 0 Å². The van der Waals surface area contributed by atoms with Crippen molar-refractivity contribution < 1.29 is 47.3 Å². The summed E-state index contributed by atoms with van der Waals surface area (Å²) in [5, 5.41) is 17.6. The highest BCUT2D eigenvalue weighted by Gasteiger charge is 2.24. The topological polar surface area (TPSA) is 160 Å². The van der Waals surface area contributed by atoms with E-state index in [4.69, 9.17) is 15.6 Å². The van der Waals surface area contributed by atoms with Gasteiger partial charge in [-0.1, -0.05) is 0 Å².